The SMILES string of the molecule is COc1ccccc1C(NC(=O)CCC(=O)c1ccc2c(c1)CCC2)c1nccn1C. The van der Waals surface area contributed by atoms with E-state index in [0.717, 1.165) is 24.8 Å². The Morgan fingerprint density at radius 2 is 1.94 bits per heavy atom. The van der Waals surface area contributed by atoms with Crippen LogP contribution in [0.15, 0.2) is 54.9 Å². The van der Waals surface area contributed by atoms with Gasteiger partial charge in [0.2, 0.25) is 5.91 Å². The summed E-state index contributed by atoms with van der Waals surface area (Å²) in [6.07, 6.45) is 7.08. The van der Waals surface area contributed by atoms with Crippen molar-refractivity contribution in [3.05, 3.63) is 82.9 Å². The molecule has 1 aromatic heterocycles. The molecule has 6 nitrogen and oxygen atoms in total. The average molecular weight is 418 g/mol. The normalized spacial score (nSPS) is 13.5. The molecule has 0 saturated heterocycles. The summed E-state index contributed by atoms with van der Waals surface area (Å²) >= 11 is 0. The molecule has 0 saturated carbocycles. The highest BCUT2D eigenvalue weighted by Crippen LogP contribution is 2.29. The van der Waals surface area contributed by atoms with E-state index >= 15 is 0 Å². The molecule has 6 heteroatoms. The predicted molar refractivity (Wildman–Crippen MR) is 118 cm³/mol. The third-order valence-electron chi connectivity index (χ3n) is 5.87. The largest absolute Gasteiger partial charge is 0.496 e. The molecule has 1 aliphatic rings. The summed E-state index contributed by atoms with van der Waals surface area (Å²) in [6, 6.07) is 13.0. The van der Waals surface area contributed by atoms with Gasteiger partial charge in [0.25, 0.3) is 0 Å². The summed E-state index contributed by atoms with van der Waals surface area (Å²) in [4.78, 5) is 29.9. The number of rotatable bonds is 8. The van der Waals surface area contributed by atoms with Gasteiger partial charge in [0.15, 0.2) is 5.78 Å². The van der Waals surface area contributed by atoms with Crippen molar-refractivity contribution in [3.8, 4) is 5.75 Å². The Balaban J connectivity index is 1.47. The van der Waals surface area contributed by atoms with Crippen LogP contribution in [0.4, 0.5) is 0 Å². The second-order valence-corrected chi connectivity index (χ2v) is 7.90. The smallest absolute Gasteiger partial charge is 0.221 e. The highest BCUT2D eigenvalue weighted by molar-refractivity contribution is 5.98. The summed E-state index contributed by atoms with van der Waals surface area (Å²) in [5.74, 6) is 1.16. The number of para-hydroxylation sites is 1. The molecule has 0 fully saturated rings. The van der Waals surface area contributed by atoms with Crippen LogP contribution in [-0.2, 0) is 24.7 Å². The Labute approximate surface area is 182 Å². The van der Waals surface area contributed by atoms with Crippen molar-refractivity contribution in [1.29, 1.82) is 0 Å². The number of benzene rings is 2. The Bertz CT molecular complexity index is 1100. The van der Waals surface area contributed by atoms with Gasteiger partial charge in [-0.15, -0.1) is 0 Å². The second-order valence-electron chi connectivity index (χ2n) is 7.90. The first-order valence-corrected chi connectivity index (χ1v) is 10.6. The van der Waals surface area contributed by atoms with Gasteiger partial charge in [0, 0.05) is 43.4 Å². The van der Waals surface area contributed by atoms with E-state index in [2.05, 4.69) is 16.4 Å². The number of carbonyl (C=O) groups excluding carboxylic acids is 2. The van der Waals surface area contributed by atoms with Gasteiger partial charge < -0.3 is 14.6 Å². The van der Waals surface area contributed by atoms with Crippen LogP contribution in [0.3, 0.4) is 0 Å². The van der Waals surface area contributed by atoms with Crippen LogP contribution in [0.1, 0.15) is 58.2 Å². The van der Waals surface area contributed by atoms with Crippen molar-refractivity contribution in [2.75, 3.05) is 7.11 Å². The summed E-state index contributed by atoms with van der Waals surface area (Å²) in [7, 11) is 3.49. The number of nitrogens with one attached hydrogen (secondary N) is 1. The van der Waals surface area contributed by atoms with Crippen molar-refractivity contribution in [2.45, 2.75) is 38.1 Å². The lowest BCUT2D eigenvalue weighted by atomic mass is 10.0. The second kappa shape index (κ2) is 9.16. The van der Waals surface area contributed by atoms with E-state index in [-0.39, 0.29) is 24.5 Å². The summed E-state index contributed by atoms with van der Waals surface area (Å²) in [5.41, 5.74) is 4.11. The van der Waals surface area contributed by atoms with Crippen LogP contribution < -0.4 is 10.1 Å². The molecule has 0 spiro atoms. The zero-order valence-corrected chi connectivity index (χ0v) is 17.9. The number of Topliss-reactive ketones (excluding diaryl/α,β-unsaturated/α-hetero) is 1. The fourth-order valence-electron chi connectivity index (χ4n) is 4.19. The number of aryl methyl sites for hydroxylation is 3. The summed E-state index contributed by atoms with van der Waals surface area (Å²) in [6.45, 7) is 0. The molecule has 0 aliphatic heterocycles. The maximum absolute atomic E-state index is 12.8. The molecule has 160 valence electrons. The number of amides is 1. The number of fused-ring (bicyclic) bond motifs is 1. The van der Waals surface area contributed by atoms with Gasteiger partial charge in [-0.2, -0.15) is 0 Å². The van der Waals surface area contributed by atoms with Crippen molar-refractivity contribution >= 4 is 11.7 Å². The van der Waals surface area contributed by atoms with Crippen molar-refractivity contribution in [2.24, 2.45) is 7.05 Å². The van der Waals surface area contributed by atoms with Gasteiger partial charge >= 0.3 is 0 Å². The molecule has 1 amide bonds. The molecular formula is C25H27N3O3. The van der Waals surface area contributed by atoms with Crippen molar-refractivity contribution in [3.63, 3.8) is 0 Å². The molecule has 1 atom stereocenters. The first-order chi connectivity index (χ1) is 15.1. The number of ether oxygens (including phenoxy) is 1. The van der Waals surface area contributed by atoms with Gasteiger partial charge in [-0.05, 0) is 42.5 Å². The number of carbonyl (C=O) groups is 2. The van der Waals surface area contributed by atoms with Crippen molar-refractivity contribution < 1.29 is 14.3 Å². The molecule has 1 N–H and O–H groups in total. The molecular weight excluding hydrogens is 390 g/mol. The average Bonchev–Trinajstić information content (AvgIpc) is 3.44. The molecule has 2 aromatic carbocycles. The van der Waals surface area contributed by atoms with Crippen molar-refractivity contribution in [1.82, 2.24) is 14.9 Å². The first kappa shape index (κ1) is 20.8. The standard InChI is InChI=1S/C25H27N3O3/c1-28-15-14-26-25(28)24(20-8-3-4-9-22(20)31-2)27-23(30)13-12-21(29)19-11-10-17-6-5-7-18(17)16-19/h3-4,8-11,14-16,24H,5-7,12-13H2,1-2H3,(H,27,30). The third kappa shape index (κ3) is 4.53. The van der Waals surface area contributed by atoms with Crippen LogP contribution in [0.5, 0.6) is 5.75 Å². The summed E-state index contributed by atoms with van der Waals surface area (Å²) in [5, 5.41) is 3.05. The fraction of sp³-hybridized carbons (Fsp3) is 0.320. The maximum Gasteiger partial charge on any atom is 0.221 e. The number of nitrogens with zero attached hydrogens (tertiary/aromatic N) is 2. The number of ketones is 1. The molecule has 4 rings (SSSR count). The van der Waals surface area contributed by atoms with E-state index in [1.807, 2.05) is 54.2 Å². The summed E-state index contributed by atoms with van der Waals surface area (Å²) < 4.78 is 7.36. The molecule has 3 aromatic rings. The van der Waals surface area contributed by atoms with Gasteiger partial charge in [0.1, 0.15) is 17.6 Å². The Kier molecular flexibility index (Phi) is 6.16. The molecule has 1 unspecified atom stereocenters. The minimum atomic E-state index is -0.473. The van der Waals surface area contributed by atoms with Gasteiger partial charge in [-0.3, -0.25) is 9.59 Å². The van der Waals surface area contributed by atoms with E-state index in [1.54, 1.807) is 13.3 Å². The van der Waals surface area contributed by atoms with Gasteiger partial charge in [-0.25, -0.2) is 4.98 Å². The molecule has 31 heavy (non-hydrogen) atoms. The highest BCUT2D eigenvalue weighted by atomic mass is 16.5. The van der Waals surface area contributed by atoms with Crippen LogP contribution in [-0.4, -0.2) is 28.4 Å². The fourth-order valence-corrected chi connectivity index (χ4v) is 4.19. The number of methoxy groups -OCH3 is 1. The number of aromatic nitrogens is 2. The van der Waals surface area contributed by atoms with Crippen LogP contribution >= 0.6 is 0 Å². The van der Waals surface area contributed by atoms with E-state index in [9.17, 15) is 9.59 Å². The topological polar surface area (TPSA) is 73.2 Å². The van der Waals surface area contributed by atoms with E-state index < -0.39 is 6.04 Å². The lowest BCUT2D eigenvalue weighted by Gasteiger charge is -2.21. The van der Waals surface area contributed by atoms with Crippen LogP contribution in [0.25, 0.3) is 0 Å². The minimum absolute atomic E-state index is 0.00400. The predicted octanol–water partition coefficient (Wildman–Crippen LogP) is 3.79. The lowest BCUT2D eigenvalue weighted by Crippen LogP contribution is -2.31. The van der Waals surface area contributed by atoms with Gasteiger partial charge in [-0.1, -0.05) is 30.3 Å². The Hall–Kier alpha value is -3.41. The highest BCUT2D eigenvalue weighted by Gasteiger charge is 2.24. The van der Waals surface area contributed by atoms with Crippen LogP contribution in [0, 0.1) is 0 Å². The lowest BCUT2D eigenvalue weighted by molar-refractivity contribution is -0.121. The third-order valence-corrected chi connectivity index (χ3v) is 5.87. The molecule has 0 bridgehead atoms. The van der Waals surface area contributed by atoms with E-state index in [4.69, 9.17) is 4.74 Å². The number of hydrogen-bond donors (Lipinski definition) is 1. The maximum atomic E-state index is 12.8. The van der Waals surface area contributed by atoms with E-state index in [0.29, 0.717) is 17.1 Å². The zero-order valence-electron chi connectivity index (χ0n) is 17.9. The molecule has 1 aliphatic carbocycles. The van der Waals surface area contributed by atoms with Gasteiger partial charge in [0.05, 0.1) is 7.11 Å². The van der Waals surface area contributed by atoms with Crippen LogP contribution in [0.2, 0.25) is 0 Å². The molecule has 0 radical (unpaired) electrons. The van der Waals surface area contributed by atoms with E-state index in [1.165, 1.54) is 11.1 Å². The zero-order chi connectivity index (χ0) is 21.8. The molecule has 1 heterocycles. The first-order valence-electron chi connectivity index (χ1n) is 10.6. The quantitative estimate of drug-likeness (QED) is 0.566. The minimum Gasteiger partial charge on any atom is -0.496 e. The Morgan fingerprint density at radius 1 is 1.13 bits per heavy atom. The number of imidazole rings is 1. The number of hydrogen-bond acceptors (Lipinski definition) is 4. The monoisotopic (exact) mass is 417 g/mol. The Morgan fingerprint density at radius 3 is 2.71 bits per heavy atom.